The number of anilines is 2. The Morgan fingerprint density at radius 1 is 1.40 bits per heavy atom. The minimum atomic E-state index is -4.21. The topological polar surface area (TPSA) is 99.1 Å². The van der Waals surface area contributed by atoms with Gasteiger partial charge in [-0.3, -0.25) is 0 Å². The molecule has 84 valence electrons. The lowest BCUT2D eigenvalue weighted by Gasteiger charge is -2.07. The number of hydrogen-bond acceptors (Lipinski definition) is 5. The van der Waals surface area contributed by atoms with E-state index in [1.54, 1.807) is 0 Å². The van der Waals surface area contributed by atoms with Gasteiger partial charge in [-0.15, -0.1) is 0 Å². The van der Waals surface area contributed by atoms with Gasteiger partial charge in [0.05, 0.1) is 11.4 Å². The standard InChI is InChI=1S/C6H6ClF2N3O2S/c7-15(13,14)3-1-2(10)4(11)5(12-3)6(8)9/h1,6H,11H2,(H2,10,12). The van der Waals surface area contributed by atoms with Gasteiger partial charge in [-0.1, -0.05) is 0 Å². The molecule has 4 N–H and O–H groups in total. The first-order valence-corrected chi connectivity index (χ1v) is 5.83. The van der Waals surface area contributed by atoms with Crippen molar-refractivity contribution in [2.45, 2.75) is 11.5 Å². The molecule has 0 bridgehead atoms. The second-order valence-corrected chi connectivity index (χ2v) is 5.10. The average molecular weight is 258 g/mol. The highest BCUT2D eigenvalue weighted by Crippen LogP contribution is 2.30. The number of nitrogens with zero attached hydrogens (tertiary/aromatic N) is 1. The molecule has 0 aliphatic heterocycles. The molecule has 0 aliphatic rings. The lowest BCUT2D eigenvalue weighted by Crippen LogP contribution is -2.07. The lowest BCUT2D eigenvalue weighted by molar-refractivity contribution is 0.146. The molecule has 5 nitrogen and oxygen atoms in total. The fourth-order valence-corrected chi connectivity index (χ4v) is 1.57. The minimum Gasteiger partial charge on any atom is -0.397 e. The molecular weight excluding hydrogens is 252 g/mol. The molecule has 0 saturated carbocycles. The number of aromatic nitrogens is 1. The highest BCUT2D eigenvalue weighted by Gasteiger charge is 2.21. The Morgan fingerprint density at radius 3 is 2.33 bits per heavy atom. The Hall–Kier alpha value is -1.15. The molecule has 0 saturated heterocycles. The van der Waals surface area contributed by atoms with E-state index in [1.165, 1.54) is 0 Å². The largest absolute Gasteiger partial charge is 0.397 e. The first-order chi connectivity index (χ1) is 6.73. The highest BCUT2D eigenvalue weighted by molar-refractivity contribution is 8.13. The number of pyridine rings is 1. The van der Waals surface area contributed by atoms with Crippen LogP contribution in [-0.2, 0) is 9.05 Å². The number of nitrogens with two attached hydrogens (primary N) is 2. The van der Waals surface area contributed by atoms with E-state index in [9.17, 15) is 17.2 Å². The molecule has 0 fully saturated rings. The summed E-state index contributed by atoms with van der Waals surface area (Å²) in [4.78, 5) is 3.13. The van der Waals surface area contributed by atoms with Gasteiger partial charge in [0.25, 0.3) is 15.5 Å². The van der Waals surface area contributed by atoms with Crippen LogP contribution in [0.3, 0.4) is 0 Å². The van der Waals surface area contributed by atoms with Crippen molar-refractivity contribution in [2.24, 2.45) is 0 Å². The normalized spacial score (nSPS) is 12.0. The summed E-state index contributed by atoms with van der Waals surface area (Å²) in [6.45, 7) is 0. The van der Waals surface area contributed by atoms with Crippen LogP contribution in [-0.4, -0.2) is 13.4 Å². The molecule has 1 heterocycles. The van der Waals surface area contributed by atoms with E-state index in [-0.39, 0.29) is 5.69 Å². The summed E-state index contributed by atoms with van der Waals surface area (Å²) < 4.78 is 46.3. The molecule has 0 radical (unpaired) electrons. The molecule has 1 aromatic rings. The van der Waals surface area contributed by atoms with Crippen molar-refractivity contribution >= 4 is 31.1 Å². The Balaban J connectivity index is 3.50. The van der Waals surface area contributed by atoms with E-state index in [0.717, 1.165) is 6.07 Å². The van der Waals surface area contributed by atoms with E-state index in [1.807, 2.05) is 0 Å². The van der Waals surface area contributed by atoms with Crippen molar-refractivity contribution in [2.75, 3.05) is 11.5 Å². The second kappa shape index (κ2) is 3.78. The van der Waals surface area contributed by atoms with Gasteiger partial charge in [0.1, 0.15) is 5.69 Å². The average Bonchev–Trinajstić information content (AvgIpc) is 2.06. The Morgan fingerprint density at radius 2 is 1.93 bits per heavy atom. The maximum Gasteiger partial charge on any atom is 0.282 e. The molecule has 0 aliphatic carbocycles. The Labute approximate surface area is 88.5 Å². The minimum absolute atomic E-state index is 0.306. The summed E-state index contributed by atoms with van der Waals surface area (Å²) in [5, 5.41) is -0.744. The van der Waals surface area contributed by atoms with Crippen molar-refractivity contribution in [3.05, 3.63) is 11.8 Å². The molecular formula is C6H6ClF2N3O2S. The van der Waals surface area contributed by atoms with Crippen LogP contribution < -0.4 is 11.5 Å². The van der Waals surface area contributed by atoms with E-state index < -0.39 is 31.9 Å². The maximum atomic E-state index is 12.3. The zero-order valence-corrected chi connectivity index (χ0v) is 8.69. The molecule has 0 spiro atoms. The third-order valence-electron chi connectivity index (χ3n) is 1.55. The van der Waals surface area contributed by atoms with Gasteiger partial charge >= 0.3 is 0 Å². The van der Waals surface area contributed by atoms with Crippen molar-refractivity contribution in [1.82, 2.24) is 4.98 Å². The molecule has 0 unspecified atom stereocenters. The summed E-state index contributed by atoms with van der Waals surface area (Å²) in [6, 6.07) is 0.823. The SMILES string of the molecule is Nc1cc(S(=O)(=O)Cl)nc(C(F)F)c1N. The predicted molar refractivity (Wildman–Crippen MR) is 51.1 cm³/mol. The third kappa shape index (κ3) is 2.45. The van der Waals surface area contributed by atoms with Crippen LogP contribution in [0.25, 0.3) is 0 Å². The molecule has 0 atom stereocenters. The zero-order chi connectivity index (χ0) is 11.8. The van der Waals surface area contributed by atoms with Crippen LogP contribution in [0.15, 0.2) is 11.1 Å². The number of rotatable bonds is 2. The van der Waals surface area contributed by atoms with E-state index >= 15 is 0 Å². The Kier molecular flexibility index (Phi) is 3.00. The van der Waals surface area contributed by atoms with Crippen LogP contribution in [0, 0.1) is 0 Å². The van der Waals surface area contributed by atoms with E-state index in [4.69, 9.17) is 22.1 Å². The van der Waals surface area contributed by atoms with Gasteiger partial charge in [-0.05, 0) is 0 Å². The van der Waals surface area contributed by atoms with Gasteiger partial charge in [-0.25, -0.2) is 22.2 Å². The van der Waals surface area contributed by atoms with E-state index in [0.29, 0.717) is 0 Å². The summed E-state index contributed by atoms with van der Waals surface area (Å²) in [7, 11) is 0.722. The lowest BCUT2D eigenvalue weighted by atomic mass is 10.2. The van der Waals surface area contributed by atoms with Gasteiger partial charge in [0.2, 0.25) is 0 Å². The quantitative estimate of drug-likeness (QED) is 0.773. The molecule has 0 aromatic carbocycles. The molecule has 9 heteroatoms. The number of hydrogen-bond donors (Lipinski definition) is 2. The van der Waals surface area contributed by atoms with E-state index in [2.05, 4.69) is 4.98 Å². The molecule has 15 heavy (non-hydrogen) atoms. The van der Waals surface area contributed by atoms with Crippen molar-refractivity contribution < 1.29 is 17.2 Å². The molecule has 1 rings (SSSR count). The first kappa shape index (κ1) is 11.9. The second-order valence-electron chi connectivity index (χ2n) is 2.59. The van der Waals surface area contributed by atoms with Gasteiger partial charge in [-0.2, -0.15) is 0 Å². The first-order valence-electron chi connectivity index (χ1n) is 3.52. The maximum absolute atomic E-state index is 12.3. The van der Waals surface area contributed by atoms with Crippen molar-refractivity contribution in [1.29, 1.82) is 0 Å². The summed E-state index contributed by atoms with van der Waals surface area (Å²) in [5.74, 6) is 0. The monoisotopic (exact) mass is 257 g/mol. The summed E-state index contributed by atoms with van der Waals surface area (Å²) in [6.07, 6.45) is -3.02. The highest BCUT2D eigenvalue weighted by atomic mass is 35.7. The number of nitrogen functional groups attached to an aromatic ring is 2. The van der Waals surface area contributed by atoms with Crippen molar-refractivity contribution in [3.63, 3.8) is 0 Å². The van der Waals surface area contributed by atoms with Crippen LogP contribution in [0.1, 0.15) is 12.1 Å². The fourth-order valence-electron chi connectivity index (χ4n) is 0.861. The van der Waals surface area contributed by atoms with Gasteiger partial charge in [0.15, 0.2) is 5.03 Å². The van der Waals surface area contributed by atoms with Crippen LogP contribution in [0.4, 0.5) is 20.2 Å². The third-order valence-corrected chi connectivity index (χ3v) is 2.74. The fraction of sp³-hybridized carbons (Fsp3) is 0.167. The van der Waals surface area contributed by atoms with Crippen LogP contribution in [0.2, 0.25) is 0 Å². The van der Waals surface area contributed by atoms with Gasteiger partial charge < -0.3 is 11.5 Å². The zero-order valence-electron chi connectivity index (χ0n) is 7.12. The van der Waals surface area contributed by atoms with Crippen molar-refractivity contribution in [3.8, 4) is 0 Å². The van der Waals surface area contributed by atoms with Crippen LogP contribution in [0.5, 0.6) is 0 Å². The predicted octanol–water partition coefficient (Wildman–Crippen LogP) is 1.11. The summed E-state index contributed by atoms with van der Waals surface area (Å²) in [5.41, 5.74) is 8.77. The van der Waals surface area contributed by atoms with Crippen LogP contribution >= 0.6 is 10.7 Å². The molecule has 0 amide bonds. The number of alkyl halides is 2. The number of halogens is 3. The smallest absolute Gasteiger partial charge is 0.282 e. The van der Waals surface area contributed by atoms with Gasteiger partial charge in [0, 0.05) is 16.7 Å². The summed E-state index contributed by atoms with van der Waals surface area (Å²) >= 11 is 0. The molecule has 1 aromatic heterocycles. The Bertz CT molecular complexity index is 491.